The molecule has 12 N–H and O–H groups in total. The predicted octanol–water partition coefficient (Wildman–Crippen LogP) is 4.32. The van der Waals surface area contributed by atoms with Gasteiger partial charge in [-0.2, -0.15) is 0 Å². The maximum absolute atomic E-state index is 14.0. The number of ether oxygens (including phenoxy) is 6. The van der Waals surface area contributed by atoms with Gasteiger partial charge in [-0.3, -0.25) is 18.6 Å². The third-order valence-electron chi connectivity index (χ3n) is 15.1. The number of carbonyl (C=O) groups excluding carboxylic acids is 2. The monoisotopic (exact) mass is 1170 g/mol. The van der Waals surface area contributed by atoms with Crippen molar-refractivity contribution in [2.75, 3.05) is 26.4 Å². The first-order valence-corrected chi connectivity index (χ1v) is 31.5. The maximum atomic E-state index is 14.0. The van der Waals surface area contributed by atoms with Gasteiger partial charge in [-0.25, -0.2) is 4.57 Å². The van der Waals surface area contributed by atoms with E-state index in [1.807, 2.05) is 0 Å². The van der Waals surface area contributed by atoms with E-state index >= 15 is 0 Å². The van der Waals surface area contributed by atoms with Gasteiger partial charge in [-0.1, -0.05) is 161 Å². The van der Waals surface area contributed by atoms with E-state index in [4.69, 9.17) is 37.5 Å². The van der Waals surface area contributed by atoms with Crippen LogP contribution in [0.3, 0.4) is 0 Å². The van der Waals surface area contributed by atoms with E-state index in [1.165, 1.54) is 83.5 Å². The number of allylic oxidation sites excluding steroid dienone is 2. The molecule has 16 unspecified atom stereocenters. The molecule has 23 nitrogen and oxygen atoms in total. The average molecular weight is 1180 g/mol. The molecule has 0 bridgehead atoms. The second-order valence-corrected chi connectivity index (χ2v) is 23.3. The number of hydrogen-bond acceptors (Lipinski definition) is 22. The van der Waals surface area contributed by atoms with E-state index in [2.05, 4.69) is 26.0 Å². The lowest BCUT2D eigenvalue weighted by molar-refractivity contribution is -0.360. The summed E-state index contributed by atoms with van der Waals surface area (Å²) in [7, 11) is -5.63. The van der Waals surface area contributed by atoms with Crippen molar-refractivity contribution in [3.05, 3.63) is 12.2 Å². The SMILES string of the molecule is CCCCCCC=CCCCCCCCCCC(=O)OC(COC(=O)CCCCCCCCCCCCCCCC)COP(=O)(O)OC1C(OC2OC(CO)C(O)C(O)C2O)C(O)C(O)C(O)C1OC1OC(CO)C(O)C(O)C1O. The largest absolute Gasteiger partial charge is 0.472 e. The zero-order chi connectivity index (χ0) is 58.9. The van der Waals surface area contributed by atoms with Crippen LogP contribution >= 0.6 is 7.82 Å². The van der Waals surface area contributed by atoms with Crippen molar-refractivity contribution in [2.45, 2.75) is 304 Å². The molecule has 0 amide bonds. The molecule has 0 aromatic heterocycles. The summed E-state index contributed by atoms with van der Waals surface area (Å²) in [6, 6.07) is 0. The van der Waals surface area contributed by atoms with Gasteiger partial charge in [0.2, 0.25) is 0 Å². The van der Waals surface area contributed by atoms with Crippen LogP contribution < -0.4 is 0 Å². The van der Waals surface area contributed by atoms with Gasteiger partial charge in [0.1, 0.15) is 92.1 Å². The summed E-state index contributed by atoms with van der Waals surface area (Å²) in [6.07, 6.45) is -0.989. The minimum Gasteiger partial charge on any atom is -0.462 e. The van der Waals surface area contributed by atoms with Gasteiger partial charge in [-0.05, 0) is 38.5 Å². The van der Waals surface area contributed by atoms with Crippen LogP contribution in [0.5, 0.6) is 0 Å². The number of rotatable bonds is 44. The fraction of sp³-hybridized carbons (Fsp3) is 0.929. The zero-order valence-corrected chi connectivity index (χ0v) is 48.5. The molecule has 3 aliphatic rings. The second kappa shape index (κ2) is 41.3. The van der Waals surface area contributed by atoms with Crippen molar-refractivity contribution in [1.82, 2.24) is 0 Å². The van der Waals surface area contributed by atoms with Crippen LogP contribution in [-0.4, -0.2) is 204 Å². The molecule has 80 heavy (non-hydrogen) atoms. The highest BCUT2D eigenvalue weighted by atomic mass is 31.2. The summed E-state index contributed by atoms with van der Waals surface area (Å²) in [4.78, 5) is 37.5. The van der Waals surface area contributed by atoms with Crippen LogP contribution in [0.25, 0.3) is 0 Å². The Balaban J connectivity index is 1.70. The number of aliphatic hydroxyl groups is 11. The van der Waals surface area contributed by atoms with Crippen molar-refractivity contribution in [1.29, 1.82) is 0 Å². The fourth-order valence-corrected chi connectivity index (χ4v) is 11.0. The van der Waals surface area contributed by atoms with E-state index in [1.54, 1.807) is 0 Å². The molecule has 470 valence electrons. The number of hydrogen-bond donors (Lipinski definition) is 12. The molecule has 24 heteroatoms. The van der Waals surface area contributed by atoms with Gasteiger partial charge < -0.3 is 89.5 Å². The molecule has 1 saturated carbocycles. The third kappa shape index (κ3) is 26.6. The van der Waals surface area contributed by atoms with Crippen LogP contribution in [0.1, 0.15) is 200 Å². The number of aliphatic hydroxyl groups excluding tert-OH is 11. The van der Waals surface area contributed by atoms with Crippen LogP contribution in [0, 0.1) is 0 Å². The minimum atomic E-state index is -5.63. The molecule has 0 aromatic rings. The summed E-state index contributed by atoms with van der Waals surface area (Å²) in [5.41, 5.74) is 0. The molecule has 0 spiro atoms. The van der Waals surface area contributed by atoms with E-state index in [0.29, 0.717) is 12.8 Å². The highest BCUT2D eigenvalue weighted by Gasteiger charge is 2.58. The molecule has 0 radical (unpaired) electrons. The Labute approximate surface area is 473 Å². The van der Waals surface area contributed by atoms with Crippen molar-refractivity contribution in [3.8, 4) is 0 Å². The first-order chi connectivity index (χ1) is 38.4. The van der Waals surface area contributed by atoms with Gasteiger partial charge in [-0.15, -0.1) is 0 Å². The summed E-state index contributed by atoms with van der Waals surface area (Å²) >= 11 is 0. The standard InChI is InChI=1S/C56H103O23P/c1-3-5-7-9-11-13-15-17-19-21-23-25-27-29-31-33-42(60)74-38(36-72-41(59)32-30-28-26-24-22-20-18-16-14-12-10-8-6-4-2)37-73-80(70,71)79-54-52(77-55-50(68)45(63)43(61)39(34-57)75-55)48(66)47(65)49(67)53(54)78-56-51(69)46(64)44(62)40(35-58)76-56/h13,15,38-40,43-58,61-69H,3-12,14,16-37H2,1-2H3,(H,70,71). The van der Waals surface area contributed by atoms with Crippen molar-refractivity contribution in [3.63, 3.8) is 0 Å². The average Bonchev–Trinajstić information content (AvgIpc) is 3.47. The Hall–Kier alpha value is -1.81. The minimum absolute atomic E-state index is 0.0338. The third-order valence-corrected chi connectivity index (χ3v) is 16.1. The van der Waals surface area contributed by atoms with E-state index in [9.17, 15) is 75.2 Å². The Morgan fingerprint density at radius 2 is 0.825 bits per heavy atom. The summed E-state index contributed by atoms with van der Waals surface area (Å²) in [6.45, 7) is 1.00. The van der Waals surface area contributed by atoms with Gasteiger partial charge in [0.15, 0.2) is 18.7 Å². The van der Waals surface area contributed by atoms with Crippen LogP contribution in [0.15, 0.2) is 12.2 Å². The molecule has 16 atom stereocenters. The molecule has 3 fully saturated rings. The Morgan fingerprint density at radius 1 is 0.463 bits per heavy atom. The molecule has 0 aromatic carbocycles. The summed E-state index contributed by atoms with van der Waals surface area (Å²) < 4.78 is 58.1. The smallest absolute Gasteiger partial charge is 0.462 e. The molecule has 2 heterocycles. The normalized spacial score (nSPS) is 31.3. The lowest BCUT2D eigenvalue weighted by Crippen LogP contribution is -2.69. The predicted molar refractivity (Wildman–Crippen MR) is 291 cm³/mol. The molecule has 2 aliphatic heterocycles. The van der Waals surface area contributed by atoms with E-state index < -0.39 is 150 Å². The first kappa shape index (κ1) is 72.4. The zero-order valence-electron chi connectivity index (χ0n) is 47.6. The number of phosphoric ester groups is 1. The Morgan fingerprint density at radius 3 is 1.24 bits per heavy atom. The number of unbranched alkanes of at least 4 members (excludes halogenated alkanes) is 24. The van der Waals surface area contributed by atoms with Crippen molar-refractivity contribution >= 4 is 19.8 Å². The summed E-state index contributed by atoms with van der Waals surface area (Å²) in [5.74, 6) is -1.33. The van der Waals surface area contributed by atoms with Gasteiger partial charge in [0, 0.05) is 12.8 Å². The first-order valence-electron chi connectivity index (χ1n) is 30.0. The van der Waals surface area contributed by atoms with Gasteiger partial charge in [0.25, 0.3) is 0 Å². The lowest BCUT2D eigenvalue weighted by Gasteiger charge is -2.49. The fourth-order valence-electron chi connectivity index (χ4n) is 10.1. The molecular formula is C56H103O23P. The highest BCUT2D eigenvalue weighted by molar-refractivity contribution is 7.47. The van der Waals surface area contributed by atoms with E-state index in [0.717, 1.165) is 77.0 Å². The van der Waals surface area contributed by atoms with Crippen LogP contribution in [-0.2, 0) is 51.6 Å². The topological polar surface area (TPSA) is 368 Å². The quantitative estimate of drug-likeness (QED) is 0.0175. The summed E-state index contributed by atoms with van der Waals surface area (Å²) in [5, 5.41) is 117. The van der Waals surface area contributed by atoms with Crippen LogP contribution in [0.4, 0.5) is 0 Å². The molecule has 3 rings (SSSR count). The Kier molecular flexibility index (Phi) is 37.4. The molecular weight excluding hydrogens is 1070 g/mol. The number of carbonyl (C=O) groups is 2. The second-order valence-electron chi connectivity index (χ2n) is 21.9. The lowest BCUT2D eigenvalue weighted by atomic mass is 9.84. The highest BCUT2D eigenvalue weighted by Crippen LogP contribution is 2.49. The van der Waals surface area contributed by atoms with Crippen molar-refractivity contribution in [2.24, 2.45) is 0 Å². The number of esters is 2. The van der Waals surface area contributed by atoms with E-state index in [-0.39, 0.29) is 12.8 Å². The Bertz CT molecular complexity index is 1640. The molecule has 1 aliphatic carbocycles. The van der Waals surface area contributed by atoms with Gasteiger partial charge >= 0.3 is 19.8 Å². The maximum Gasteiger partial charge on any atom is 0.472 e. The molecule has 2 saturated heterocycles. The van der Waals surface area contributed by atoms with Gasteiger partial charge in [0.05, 0.1) is 19.8 Å². The van der Waals surface area contributed by atoms with Crippen LogP contribution in [0.2, 0.25) is 0 Å². The van der Waals surface area contributed by atoms with Crippen molar-refractivity contribution < 1.29 is 113 Å². The number of phosphoric acid groups is 1.